The Hall–Kier alpha value is -2.20. The van der Waals surface area contributed by atoms with Crippen LogP contribution in [-0.4, -0.2) is 37.6 Å². The molecule has 0 saturated carbocycles. The first kappa shape index (κ1) is 18.8. The Morgan fingerprint density at radius 3 is 2.61 bits per heavy atom. The SMILES string of the molecule is CCCC[C@H](NS(=O)(=O)c1cc([N+](=O)[O-])ccc1OC)C(=O)O. The largest absolute Gasteiger partial charge is 0.495 e. The van der Waals surface area contributed by atoms with Gasteiger partial charge in [-0.05, 0) is 12.5 Å². The molecule has 1 aromatic rings. The van der Waals surface area contributed by atoms with Gasteiger partial charge in [0.1, 0.15) is 16.7 Å². The molecule has 0 unspecified atom stereocenters. The number of rotatable bonds is 9. The van der Waals surface area contributed by atoms with E-state index in [9.17, 15) is 23.3 Å². The van der Waals surface area contributed by atoms with Crippen molar-refractivity contribution in [3.8, 4) is 5.75 Å². The number of nitrogens with one attached hydrogen (secondary N) is 1. The lowest BCUT2D eigenvalue weighted by Gasteiger charge is -2.16. The van der Waals surface area contributed by atoms with Crippen LogP contribution in [0.15, 0.2) is 23.1 Å². The molecule has 1 rings (SSSR count). The minimum atomic E-state index is -4.29. The van der Waals surface area contributed by atoms with Gasteiger partial charge in [0, 0.05) is 12.1 Å². The van der Waals surface area contributed by atoms with Crippen molar-refractivity contribution in [2.75, 3.05) is 7.11 Å². The average Bonchev–Trinajstić information content (AvgIpc) is 2.50. The van der Waals surface area contributed by atoms with Crippen molar-refractivity contribution in [3.63, 3.8) is 0 Å². The van der Waals surface area contributed by atoms with E-state index >= 15 is 0 Å². The summed E-state index contributed by atoms with van der Waals surface area (Å²) in [4.78, 5) is 20.8. The fraction of sp³-hybridized carbons (Fsp3) is 0.462. The number of non-ortho nitro benzene ring substituents is 1. The van der Waals surface area contributed by atoms with Gasteiger partial charge < -0.3 is 9.84 Å². The summed E-state index contributed by atoms with van der Waals surface area (Å²) in [5, 5.41) is 19.9. The summed E-state index contributed by atoms with van der Waals surface area (Å²) in [6, 6.07) is 1.77. The summed E-state index contributed by atoms with van der Waals surface area (Å²) in [6.45, 7) is 1.84. The topological polar surface area (TPSA) is 136 Å². The highest BCUT2D eigenvalue weighted by Gasteiger charge is 2.28. The Bertz CT molecular complexity index is 688. The second kappa shape index (κ2) is 7.88. The van der Waals surface area contributed by atoms with Crippen molar-refractivity contribution in [2.24, 2.45) is 0 Å². The number of hydrogen-bond acceptors (Lipinski definition) is 6. The number of nitro benzene ring substituents is 1. The molecule has 9 nitrogen and oxygen atoms in total. The second-order valence-electron chi connectivity index (χ2n) is 4.75. The molecule has 0 amide bonds. The van der Waals surface area contributed by atoms with Gasteiger partial charge in [0.15, 0.2) is 0 Å². The molecule has 0 spiro atoms. The Kier molecular flexibility index (Phi) is 6.46. The van der Waals surface area contributed by atoms with Crippen LogP contribution < -0.4 is 9.46 Å². The molecule has 0 aliphatic carbocycles. The average molecular weight is 346 g/mol. The van der Waals surface area contributed by atoms with Crippen molar-refractivity contribution >= 4 is 21.7 Å². The van der Waals surface area contributed by atoms with Crippen LogP contribution in [0.25, 0.3) is 0 Å². The number of carboxylic acids is 1. The summed E-state index contributed by atoms with van der Waals surface area (Å²) in [7, 11) is -3.08. The van der Waals surface area contributed by atoms with E-state index in [4.69, 9.17) is 9.84 Å². The summed E-state index contributed by atoms with van der Waals surface area (Å²) in [6.07, 6.45) is 1.33. The third kappa shape index (κ3) is 4.89. The molecule has 10 heteroatoms. The van der Waals surface area contributed by atoms with Gasteiger partial charge in [0.05, 0.1) is 12.0 Å². The molecular weight excluding hydrogens is 328 g/mol. The minimum absolute atomic E-state index is 0.109. The number of carbonyl (C=O) groups is 1. The van der Waals surface area contributed by atoms with Gasteiger partial charge in [-0.2, -0.15) is 4.72 Å². The lowest BCUT2D eigenvalue weighted by atomic mass is 10.1. The van der Waals surface area contributed by atoms with Crippen LogP contribution in [0.1, 0.15) is 26.2 Å². The lowest BCUT2D eigenvalue weighted by Crippen LogP contribution is -2.40. The second-order valence-corrected chi connectivity index (χ2v) is 6.43. The fourth-order valence-electron chi connectivity index (χ4n) is 1.88. The number of methoxy groups -OCH3 is 1. The van der Waals surface area contributed by atoms with Gasteiger partial charge in [-0.25, -0.2) is 8.42 Å². The Morgan fingerprint density at radius 2 is 2.13 bits per heavy atom. The zero-order chi connectivity index (χ0) is 17.6. The maximum absolute atomic E-state index is 12.4. The predicted octanol–water partition coefficient (Wildman–Crippen LogP) is 1.53. The van der Waals surface area contributed by atoms with E-state index in [1.807, 2.05) is 6.92 Å². The minimum Gasteiger partial charge on any atom is -0.495 e. The molecule has 23 heavy (non-hydrogen) atoms. The number of nitro groups is 1. The fourth-order valence-corrected chi connectivity index (χ4v) is 3.29. The number of aliphatic carboxylic acids is 1. The van der Waals surface area contributed by atoms with Gasteiger partial charge in [-0.1, -0.05) is 19.8 Å². The molecule has 0 saturated heterocycles. The van der Waals surface area contributed by atoms with E-state index in [1.165, 1.54) is 7.11 Å². The third-order valence-electron chi connectivity index (χ3n) is 3.09. The van der Waals surface area contributed by atoms with E-state index in [0.717, 1.165) is 18.2 Å². The number of hydrogen-bond donors (Lipinski definition) is 2. The highest BCUT2D eigenvalue weighted by Crippen LogP contribution is 2.28. The molecule has 0 aliphatic heterocycles. The van der Waals surface area contributed by atoms with Crippen LogP contribution >= 0.6 is 0 Å². The molecule has 0 heterocycles. The van der Waals surface area contributed by atoms with Crippen LogP contribution in [0.3, 0.4) is 0 Å². The Labute approximate surface area is 133 Å². The first-order valence-corrected chi connectivity index (χ1v) is 8.28. The van der Waals surface area contributed by atoms with Gasteiger partial charge >= 0.3 is 5.97 Å². The highest BCUT2D eigenvalue weighted by molar-refractivity contribution is 7.89. The number of ether oxygens (including phenoxy) is 1. The van der Waals surface area contributed by atoms with Crippen molar-refractivity contribution in [2.45, 2.75) is 37.1 Å². The molecule has 2 N–H and O–H groups in total. The summed E-state index contributed by atoms with van der Waals surface area (Å²) in [5.41, 5.74) is -0.438. The van der Waals surface area contributed by atoms with Crippen molar-refractivity contribution in [1.82, 2.24) is 4.72 Å². The quantitative estimate of drug-likeness (QED) is 0.511. The lowest BCUT2D eigenvalue weighted by molar-refractivity contribution is -0.385. The zero-order valence-electron chi connectivity index (χ0n) is 12.7. The number of sulfonamides is 1. The first-order valence-electron chi connectivity index (χ1n) is 6.80. The van der Waals surface area contributed by atoms with Crippen molar-refractivity contribution in [3.05, 3.63) is 28.3 Å². The van der Waals surface area contributed by atoms with Crippen LogP contribution in [0.2, 0.25) is 0 Å². The predicted molar refractivity (Wildman–Crippen MR) is 80.9 cm³/mol. The monoisotopic (exact) mass is 346 g/mol. The molecule has 0 aliphatic rings. The zero-order valence-corrected chi connectivity index (χ0v) is 13.5. The maximum atomic E-state index is 12.4. The number of carboxylic acid groups (broad SMARTS) is 1. The Morgan fingerprint density at radius 1 is 1.48 bits per heavy atom. The standard InChI is InChI=1S/C13H18N2O7S/c1-3-4-5-10(13(16)17)14-23(20,21)12-8-9(15(18)19)6-7-11(12)22-2/h6-8,10,14H,3-5H2,1-2H3,(H,16,17)/t10-/m0/s1. The number of nitrogens with zero attached hydrogens (tertiary/aromatic N) is 1. The first-order chi connectivity index (χ1) is 10.7. The van der Waals surface area contributed by atoms with E-state index in [-0.39, 0.29) is 12.2 Å². The summed E-state index contributed by atoms with van der Waals surface area (Å²) < 4.78 is 31.7. The van der Waals surface area contributed by atoms with E-state index in [1.54, 1.807) is 0 Å². The van der Waals surface area contributed by atoms with Crippen molar-refractivity contribution < 1.29 is 28.0 Å². The highest BCUT2D eigenvalue weighted by atomic mass is 32.2. The van der Waals surface area contributed by atoms with Gasteiger partial charge in [-0.3, -0.25) is 14.9 Å². The van der Waals surface area contributed by atoms with Crippen LogP contribution in [0, 0.1) is 10.1 Å². The van der Waals surface area contributed by atoms with Crippen LogP contribution in [0.5, 0.6) is 5.75 Å². The molecular formula is C13H18N2O7S. The molecule has 1 atom stereocenters. The maximum Gasteiger partial charge on any atom is 0.321 e. The van der Waals surface area contributed by atoms with Crippen LogP contribution in [0.4, 0.5) is 5.69 Å². The molecule has 0 bridgehead atoms. The third-order valence-corrected chi connectivity index (χ3v) is 4.58. The molecule has 128 valence electrons. The number of unbranched alkanes of at least 4 members (excludes halogenated alkanes) is 1. The van der Waals surface area contributed by atoms with Crippen molar-refractivity contribution in [1.29, 1.82) is 0 Å². The molecule has 0 radical (unpaired) electrons. The van der Waals surface area contributed by atoms with Gasteiger partial charge in [0.2, 0.25) is 10.0 Å². The van der Waals surface area contributed by atoms with Crippen LogP contribution in [-0.2, 0) is 14.8 Å². The number of benzene rings is 1. The molecule has 0 aromatic heterocycles. The summed E-state index contributed by atoms with van der Waals surface area (Å²) >= 11 is 0. The van der Waals surface area contributed by atoms with Gasteiger partial charge in [0.25, 0.3) is 5.69 Å². The van der Waals surface area contributed by atoms with E-state index in [0.29, 0.717) is 12.8 Å². The summed E-state index contributed by atoms with van der Waals surface area (Å²) in [5.74, 6) is -1.42. The van der Waals surface area contributed by atoms with E-state index in [2.05, 4.69) is 4.72 Å². The molecule has 0 fully saturated rings. The van der Waals surface area contributed by atoms with Gasteiger partial charge in [-0.15, -0.1) is 0 Å². The normalized spacial score (nSPS) is 12.6. The molecule has 1 aromatic carbocycles. The van der Waals surface area contributed by atoms with E-state index < -0.39 is 37.5 Å². The smallest absolute Gasteiger partial charge is 0.321 e. The Balaban J connectivity index is 3.22.